The minimum Gasteiger partial charge on any atom is -0.296 e. The Bertz CT molecular complexity index is 822. The van der Waals surface area contributed by atoms with Gasteiger partial charge in [-0.25, -0.2) is 8.93 Å². The van der Waals surface area contributed by atoms with Crippen LogP contribution in [0.15, 0.2) is 29.2 Å². The number of nitrogens with zero attached hydrogens (tertiary/aromatic N) is 1. The summed E-state index contributed by atoms with van der Waals surface area (Å²) in [5.41, 5.74) is 2.06. The van der Waals surface area contributed by atoms with E-state index < -0.39 is 11.0 Å². The van der Waals surface area contributed by atoms with E-state index in [2.05, 4.69) is 44.2 Å². The Balaban J connectivity index is 1.34. The number of rotatable bonds is 9. The molecule has 1 aromatic carbocycles. The van der Waals surface area contributed by atoms with Gasteiger partial charge in [0.05, 0.1) is 4.90 Å². The first-order chi connectivity index (χ1) is 16.2. The highest BCUT2D eigenvalue weighted by atomic mass is 32.2. The summed E-state index contributed by atoms with van der Waals surface area (Å²) >= 11 is 0. The third kappa shape index (κ3) is 5.65. The molecule has 1 N–H and O–H groups in total. The van der Waals surface area contributed by atoms with Crippen molar-refractivity contribution in [2.75, 3.05) is 19.6 Å². The van der Waals surface area contributed by atoms with E-state index in [4.69, 9.17) is 0 Å². The van der Waals surface area contributed by atoms with Gasteiger partial charge in [-0.05, 0) is 93.7 Å². The van der Waals surface area contributed by atoms with Crippen LogP contribution in [0.5, 0.6) is 0 Å². The van der Waals surface area contributed by atoms with E-state index in [1.54, 1.807) is 0 Å². The Labute approximate surface area is 212 Å². The average Bonchev–Trinajstić information content (AvgIpc) is 3.14. The van der Waals surface area contributed by atoms with Crippen molar-refractivity contribution < 1.29 is 4.21 Å². The van der Waals surface area contributed by atoms with Crippen LogP contribution in [0.3, 0.4) is 0 Å². The lowest BCUT2D eigenvalue weighted by molar-refractivity contribution is 0.0159. The van der Waals surface area contributed by atoms with Crippen LogP contribution in [0.4, 0.5) is 0 Å². The molecule has 0 bridgehead atoms. The molecule has 34 heavy (non-hydrogen) atoms. The molecule has 3 aliphatic rings. The fourth-order valence-corrected chi connectivity index (χ4v) is 9.00. The number of likely N-dealkylation sites (tertiary alicyclic amines) is 1. The van der Waals surface area contributed by atoms with Crippen LogP contribution in [-0.4, -0.2) is 34.3 Å². The van der Waals surface area contributed by atoms with E-state index >= 15 is 0 Å². The molecule has 3 fully saturated rings. The van der Waals surface area contributed by atoms with Gasteiger partial charge in [-0.15, -0.1) is 0 Å². The van der Waals surface area contributed by atoms with Crippen molar-refractivity contribution >= 4 is 11.0 Å². The summed E-state index contributed by atoms with van der Waals surface area (Å²) in [6.45, 7) is 15.2. The van der Waals surface area contributed by atoms with Crippen molar-refractivity contribution in [2.45, 2.75) is 109 Å². The van der Waals surface area contributed by atoms with Crippen LogP contribution < -0.4 is 4.72 Å². The van der Waals surface area contributed by atoms with Gasteiger partial charge in [0.15, 0.2) is 0 Å². The van der Waals surface area contributed by atoms with Gasteiger partial charge in [-0.3, -0.25) is 4.90 Å². The van der Waals surface area contributed by atoms with E-state index in [-0.39, 0.29) is 0 Å². The van der Waals surface area contributed by atoms with Gasteiger partial charge in [-0.1, -0.05) is 70.6 Å². The zero-order valence-corrected chi connectivity index (χ0v) is 23.4. The number of hydrogen-bond acceptors (Lipinski definition) is 2. The number of fused-ring (bicyclic) bond motifs is 1. The predicted octanol–water partition coefficient (Wildman–Crippen LogP) is 7.12. The van der Waals surface area contributed by atoms with Crippen LogP contribution in [0.1, 0.15) is 97.5 Å². The molecule has 5 unspecified atom stereocenters. The largest absolute Gasteiger partial charge is 0.296 e. The van der Waals surface area contributed by atoms with Crippen LogP contribution >= 0.6 is 0 Å². The molecule has 1 saturated heterocycles. The van der Waals surface area contributed by atoms with Crippen molar-refractivity contribution in [2.24, 2.45) is 29.1 Å². The fraction of sp³-hybridized carbons (Fsp3) is 0.800. The van der Waals surface area contributed by atoms with Gasteiger partial charge in [0.1, 0.15) is 11.0 Å². The van der Waals surface area contributed by atoms with E-state index in [0.29, 0.717) is 11.0 Å². The highest BCUT2D eigenvalue weighted by Gasteiger charge is 2.50. The second-order valence-electron chi connectivity index (χ2n) is 12.6. The minimum absolute atomic E-state index is 0.330. The van der Waals surface area contributed by atoms with Crippen molar-refractivity contribution in [1.82, 2.24) is 9.62 Å². The standard InChI is InChI=1S/C30H50N2OS/c1-6-24(27-11-7-8-17-29(27,3)4)22-25-10-9-18-30(5)28(25)16-20-32(30)21-19-31-34(33)26-14-12-23(2)13-15-26/h12-15,24-25,27-28,31H,6-11,16-22H2,1-5H3/t24-,25?,27?,28?,30?,34?/m0/s1. The summed E-state index contributed by atoms with van der Waals surface area (Å²) in [5, 5.41) is 0. The number of aryl methyl sites for hydroxylation is 1. The van der Waals surface area contributed by atoms with Gasteiger partial charge >= 0.3 is 0 Å². The molecule has 4 heteroatoms. The molecule has 0 spiro atoms. The molecule has 192 valence electrons. The topological polar surface area (TPSA) is 32.3 Å². The molecular formula is C30H50N2OS. The lowest BCUT2D eigenvalue weighted by atomic mass is 9.59. The van der Waals surface area contributed by atoms with Gasteiger partial charge in [-0.2, -0.15) is 0 Å². The first-order valence-electron chi connectivity index (χ1n) is 14.2. The summed E-state index contributed by atoms with van der Waals surface area (Å²) in [5.74, 6) is 3.54. The molecule has 4 rings (SSSR count). The first-order valence-corrected chi connectivity index (χ1v) is 15.4. The molecule has 1 heterocycles. The summed E-state index contributed by atoms with van der Waals surface area (Å²) < 4.78 is 16.0. The second kappa shape index (κ2) is 11.1. The molecule has 2 aliphatic carbocycles. The number of nitrogens with one attached hydrogen (secondary N) is 1. The molecule has 0 aromatic heterocycles. The Morgan fingerprint density at radius 2 is 1.82 bits per heavy atom. The van der Waals surface area contributed by atoms with Gasteiger partial charge in [0.25, 0.3) is 0 Å². The van der Waals surface area contributed by atoms with E-state index in [9.17, 15) is 4.21 Å². The molecule has 6 atom stereocenters. The van der Waals surface area contributed by atoms with E-state index in [1.165, 1.54) is 76.3 Å². The molecular weight excluding hydrogens is 436 g/mol. The average molecular weight is 487 g/mol. The molecule has 3 nitrogen and oxygen atoms in total. The maximum atomic E-state index is 12.7. The van der Waals surface area contributed by atoms with Gasteiger partial charge < -0.3 is 0 Å². The highest BCUT2D eigenvalue weighted by molar-refractivity contribution is 7.83. The van der Waals surface area contributed by atoms with Crippen molar-refractivity contribution in [1.29, 1.82) is 0 Å². The van der Waals surface area contributed by atoms with E-state index in [1.807, 2.05) is 24.3 Å². The second-order valence-corrected chi connectivity index (χ2v) is 13.9. The number of hydrogen-bond donors (Lipinski definition) is 1. The van der Waals surface area contributed by atoms with E-state index in [0.717, 1.165) is 41.7 Å². The molecule has 1 aliphatic heterocycles. The summed E-state index contributed by atoms with van der Waals surface area (Å²) in [6.07, 6.45) is 14.1. The fourth-order valence-electron chi connectivity index (χ4n) is 8.17. The zero-order valence-electron chi connectivity index (χ0n) is 22.6. The molecule has 0 amide bonds. The van der Waals surface area contributed by atoms with Crippen molar-refractivity contribution in [3.8, 4) is 0 Å². The van der Waals surface area contributed by atoms with Crippen LogP contribution in [0.25, 0.3) is 0 Å². The maximum Gasteiger partial charge on any atom is 0.124 e. The zero-order chi connectivity index (χ0) is 24.3. The quantitative estimate of drug-likeness (QED) is 0.403. The third-order valence-electron chi connectivity index (χ3n) is 10.2. The number of benzene rings is 1. The monoisotopic (exact) mass is 486 g/mol. The summed E-state index contributed by atoms with van der Waals surface area (Å²) in [7, 11) is -1.12. The van der Waals surface area contributed by atoms with Gasteiger partial charge in [0, 0.05) is 18.6 Å². The first kappa shape index (κ1) is 26.4. The Hall–Kier alpha value is -0.710. The smallest absolute Gasteiger partial charge is 0.124 e. The summed E-state index contributed by atoms with van der Waals surface area (Å²) in [4.78, 5) is 3.62. The Morgan fingerprint density at radius 3 is 2.53 bits per heavy atom. The molecule has 0 radical (unpaired) electrons. The predicted molar refractivity (Wildman–Crippen MR) is 145 cm³/mol. The Morgan fingerprint density at radius 1 is 1.06 bits per heavy atom. The van der Waals surface area contributed by atoms with Crippen LogP contribution in [0, 0.1) is 36.0 Å². The van der Waals surface area contributed by atoms with Crippen molar-refractivity contribution in [3.63, 3.8) is 0 Å². The molecule has 1 aromatic rings. The highest BCUT2D eigenvalue weighted by Crippen LogP contribution is 2.53. The lowest BCUT2D eigenvalue weighted by Crippen LogP contribution is -2.51. The third-order valence-corrected chi connectivity index (χ3v) is 11.4. The molecule has 2 saturated carbocycles. The van der Waals surface area contributed by atoms with Crippen LogP contribution in [-0.2, 0) is 11.0 Å². The lowest BCUT2D eigenvalue weighted by Gasteiger charge is -2.49. The summed E-state index contributed by atoms with van der Waals surface area (Å²) in [6, 6.07) is 8.05. The Kier molecular flexibility index (Phi) is 8.63. The minimum atomic E-state index is -1.12. The van der Waals surface area contributed by atoms with Gasteiger partial charge in [0.2, 0.25) is 0 Å². The van der Waals surface area contributed by atoms with Crippen molar-refractivity contribution in [3.05, 3.63) is 29.8 Å². The maximum absolute atomic E-state index is 12.7. The SMILES string of the molecule is CC[C@@H](CC1CCCC2(C)C1CCN2CCNS(=O)c1ccc(C)cc1)C1CCCCC1(C)C. The van der Waals surface area contributed by atoms with Crippen LogP contribution in [0.2, 0.25) is 0 Å². The normalized spacial score (nSPS) is 33.4.